The molecule has 3 atom stereocenters. The van der Waals surface area contributed by atoms with Crippen molar-refractivity contribution in [3.05, 3.63) is 29.8 Å². The first-order valence-corrected chi connectivity index (χ1v) is 13.1. The molecule has 1 aliphatic carbocycles. The van der Waals surface area contributed by atoms with Crippen LogP contribution in [0.1, 0.15) is 52.5 Å². The lowest BCUT2D eigenvalue weighted by atomic mass is 10.0. The summed E-state index contributed by atoms with van der Waals surface area (Å²) >= 11 is 0. The van der Waals surface area contributed by atoms with Gasteiger partial charge in [0.25, 0.3) is 0 Å². The minimum atomic E-state index is -3.88. The highest BCUT2D eigenvalue weighted by Crippen LogP contribution is 2.37. The van der Waals surface area contributed by atoms with E-state index in [-0.39, 0.29) is 36.0 Å². The predicted molar refractivity (Wildman–Crippen MR) is 129 cm³/mol. The van der Waals surface area contributed by atoms with Crippen molar-refractivity contribution in [3.8, 4) is 5.75 Å². The van der Waals surface area contributed by atoms with E-state index in [1.165, 1.54) is 9.88 Å². The molecule has 0 fully saturated rings. The second-order valence-electron chi connectivity index (χ2n) is 9.51. The van der Waals surface area contributed by atoms with Crippen molar-refractivity contribution in [1.29, 1.82) is 0 Å². The molecule has 0 saturated carbocycles. The molecule has 2 N–H and O–H groups in total. The van der Waals surface area contributed by atoms with Crippen LogP contribution in [-0.4, -0.2) is 73.7 Å². The summed E-state index contributed by atoms with van der Waals surface area (Å²) in [7, 11) is -2.17. The van der Waals surface area contributed by atoms with Gasteiger partial charge in [-0.3, -0.25) is 0 Å². The van der Waals surface area contributed by atoms with E-state index in [1.807, 2.05) is 32.9 Å². The molecule has 1 aromatic rings. The van der Waals surface area contributed by atoms with Crippen LogP contribution in [0.25, 0.3) is 5.57 Å². The Bertz CT molecular complexity index is 992. The van der Waals surface area contributed by atoms with Crippen LogP contribution in [0, 0.1) is 5.92 Å². The zero-order chi connectivity index (χ0) is 24.3. The zero-order valence-electron chi connectivity index (χ0n) is 20.2. The Morgan fingerprint density at radius 2 is 2.06 bits per heavy atom. The summed E-state index contributed by atoms with van der Waals surface area (Å²) in [5.41, 5.74) is 2.15. The first-order chi connectivity index (χ1) is 15.5. The third-order valence-electron chi connectivity index (χ3n) is 6.29. The fourth-order valence-corrected chi connectivity index (χ4v) is 6.11. The number of urea groups is 1. The van der Waals surface area contributed by atoms with Crippen LogP contribution in [0.3, 0.4) is 0 Å². The first-order valence-electron chi connectivity index (χ1n) is 11.7. The summed E-state index contributed by atoms with van der Waals surface area (Å²) in [5, 5.41) is 12.6. The van der Waals surface area contributed by atoms with E-state index in [2.05, 4.69) is 11.4 Å². The topological polar surface area (TPSA) is 99.2 Å². The fraction of sp³-hybridized carbons (Fsp3) is 0.625. The number of allylic oxidation sites excluding steroid dienone is 2. The summed E-state index contributed by atoms with van der Waals surface area (Å²) in [6.45, 7) is 7.61. The fourth-order valence-electron chi connectivity index (χ4n) is 4.29. The molecule has 8 nitrogen and oxygen atoms in total. The number of likely N-dealkylation sites (N-methyl/N-ethyl adjacent to an activating group) is 1. The quantitative estimate of drug-likeness (QED) is 0.653. The van der Waals surface area contributed by atoms with Crippen molar-refractivity contribution < 1.29 is 23.1 Å². The molecule has 9 heteroatoms. The van der Waals surface area contributed by atoms with Crippen molar-refractivity contribution in [3.63, 3.8) is 0 Å². The molecule has 0 aromatic heterocycles. The molecule has 2 amide bonds. The molecule has 184 valence electrons. The number of aliphatic hydroxyl groups is 1. The van der Waals surface area contributed by atoms with E-state index < -0.39 is 22.2 Å². The Hall–Kier alpha value is -2.10. The standard InChI is InChI=1S/C24H37N3O5S/c1-16(2)25-24(29)26(5)14-22-17(3)13-27(18(4)15-28)33(30,31)23-11-10-20(12-21(23)32-22)19-8-6-7-9-19/h8,10-12,16-18,22,28H,6-7,9,13-15H2,1-5H3,(H,25,29)/t17-,18+,22-/m0/s1. The van der Waals surface area contributed by atoms with Crippen LogP contribution in [-0.2, 0) is 10.0 Å². The van der Waals surface area contributed by atoms with Crippen LogP contribution in [0.4, 0.5) is 4.79 Å². The largest absolute Gasteiger partial charge is 0.487 e. The maximum atomic E-state index is 13.6. The number of ether oxygens (including phenoxy) is 1. The van der Waals surface area contributed by atoms with Gasteiger partial charge in [0.15, 0.2) is 0 Å². The Morgan fingerprint density at radius 3 is 2.67 bits per heavy atom. The average Bonchev–Trinajstić information content (AvgIpc) is 3.29. The Morgan fingerprint density at radius 1 is 1.33 bits per heavy atom. The molecule has 0 radical (unpaired) electrons. The minimum absolute atomic E-state index is 0.00429. The van der Waals surface area contributed by atoms with Gasteiger partial charge in [-0.05, 0) is 63.3 Å². The van der Waals surface area contributed by atoms with Gasteiger partial charge in [-0.1, -0.05) is 19.1 Å². The smallest absolute Gasteiger partial charge is 0.317 e. The number of amides is 2. The average molecular weight is 480 g/mol. The number of nitrogens with zero attached hydrogens (tertiary/aromatic N) is 2. The van der Waals surface area contributed by atoms with E-state index in [1.54, 1.807) is 24.9 Å². The van der Waals surface area contributed by atoms with Gasteiger partial charge in [0.2, 0.25) is 10.0 Å². The Balaban J connectivity index is 2.02. The molecule has 1 aromatic carbocycles. The normalized spacial score (nSPS) is 23.7. The predicted octanol–water partition coefficient (Wildman–Crippen LogP) is 3.07. The molecular formula is C24H37N3O5S. The van der Waals surface area contributed by atoms with Gasteiger partial charge in [0.05, 0.1) is 13.2 Å². The molecule has 3 rings (SSSR count). The lowest BCUT2D eigenvalue weighted by molar-refractivity contribution is 0.0809. The van der Waals surface area contributed by atoms with Crippen molar-refractivity contribution >= 4 is 21.6 Å². The van der Waals surface area contributed by atoms with Crippen LogP contribution >= 0.6 is 0 Å². The Kier molecular flexibility index (Phi) is 8.08. The summed E-state index contributed by atoms with van der Waals surface area (Å²) in [6.07, 6.45) is 4.81. The summed E-state index contributed by atoms with van der Waals surface area (Å²) in [5.74, 6) is 0.0789. The van der Waals surface area contributed by atoms with Crippen molar-refractivity contribution in [2.75, 3.05) is 26.7 Å². The van der Waals surface area contributed by atoms with Gasteiger partial charge < -0.3 is 20.1 Å². The summed E-state index contributed by atoms with van der Waals surface area (Å²) in [4.78, 5) is 14.2. The number of benzene rings is 1. The van der Waals surface area contributed by atoms with Crippen LogP contribution in [0.5, 0.6) is 5.75 Å². The Labute approximate surface area is 197 Å². The number of hydrogen-bond donors (Lipinski definition) is 2. The van der Waals surface area contributed by atoms with E-state index in [9.17, 15) is 18.3 Å². The molecule has 0 unspecified atom stereocenters. The lowest BCUT2D eigenvalue weighted by Crippen LogP contribution is -2.51. The number of carbonyl (C=O) groups is 1. The molecular weight excluding hydrogens is 442 g/mol. The number of sulfonamides is 1. The molecule has 33 heavy (non-hydrogen) atoms. The van der Waals surface area contributed by atoms with Gasteiger partial charge in [-0.25, -0.2) is 13.2 Å². The van der Waals surface area contributed by atoms with Gasteiger partial charge in [-0.15, -0.1) is 0 Å². The number of carbonyl (C=O) groups excluding carboxylic acids is 1. The summed E-state index contributed by atoms with van der Waals surface area (Å²) < 4.78 is 34.8. The molecule has 1 aliphatic heterocycles. The SMILES string of the molecule is CC(C)NC(=O)N(C)C[C@@H]1Oc2cc(C3=CCCC3)ccc2S(=O)(=O)N([C@H](C)CO)C[C@@H]1C. The first kappa shape index (κ1) is 25.5. The van der Waals surface area contributed by atoms with Crippen LogP contribution < -0.4 is 10.1 Å². The number of hydrogen-bond acceptors (Lipinski definition) is 5. The minimum Gasteiger partial charge on any atom is -0.487 e. The molecule has 2 aliphatic rings. The highest BCUT2D eigenvalue weighted by atomic mass is 32.2. The number of fused-ring (bicyclic) bond motifs is 1. The van der Waals surface area contributed by atoms with Gasteiger partial charge >= 0.3 is 6.03 Å². The highest BCUT2D eigenvalue weighted by Gasteiger charge is 2.38. The van der Waals surface area contributed by atoms with Gasteiger partial charge in [0, 0.05) is 31.6 Å². The van der Waals surface area contributed by atoms with Gasteiger partial charge in [0.1, 0.15) is 16.7 Å². The molecule has 0 spiro atoms. The second-order valence-corrected chi connectivity index (χ2v) is 11.4. The monoisotopic (exact) mass is 479 g/mol. The van der Waals surface area contributed by atoms with E-state index >= 15 is 0 Å². The van der Waals surface area contributed by atoms with E-state index in [0.717, 1.165) is 24.8 Å². The number of aliphatic hydroxyl groups excluding tert-OH is 1. The van der Waals surface area contributed by atoms with Crippen LogP contribution in [0.2, 0.25) is 0 Å². The third-order valence-corrected chi connectivity index (χ3v) is 8.31. The second kappa shape index (κ2) is 10.4. The van der Waals surface area contributed by atoms with E-state index in [4.69, 9.17) is 4.74 Å². The van der Waals surface area contributed by atoms with Crippen LogP contribution in [0.15, 0.2) is 29.2 Å². The maximum absolute atomic E-state index is 13.6. The zero-order valence-corrected chi connectivity index (χ0v) is 21.1. The molecule has 0 saturated heterocycles. The number of rotatable bonds is 6. The lowest BCUT2D eigenvalue weighted by Gasteiger charge is -2.37. The molecule has 1 heterocycles. The van der Waals surface area contributed by atoms with Crippen molar-refractivity contribution in [2.45, 2.75) is 70.0 Å². The maximum Gasteiger partial charge on any atom is 0.317 e. The van der Waals surface area contributed by atoms with Crippen molar-refractivity contribution in [2.24, 2.45) is 5.92 Å². The number of nitrogens with one attached hydrogen (secondary N) is 1. The van der Waals surface area contributed by atoms with E-state index in [0.29, 0.717) is 12.3 Å². The summed E-state index contributed by atoms with van der Waals surface area (Å²) in [6, 6.07) is 4.47. The highest BCUT2D eigenvalue weighted by molar-refractivity contribution is 7.89. The van der Waals surface area contributed by atoms with Crippen molar-refractivity contribution in [1.82, 2.24) is 14.5 Å². The molecule has 0 bridgehead atoms. The van der Waals surface area contributed by atoms with Gasteiger partial charge in [-0.2, -0.15) is 4.31 Å². The third kappa shape index (κ3) is 5.70.